The molecule has 176 valence electrons. The first-order valence-electron chi connectivity index (χ1n) is 10.9. The average Bonchev–Trinajstić information content (AvgIpc) is 2.82. The molecule has 1 atom stereocenters. The molecule has 1 saturated heterocycles. The lowest BCUT2D eigenvalue weighted by atomic mass is 10.1. The van der Waals surface area contributed by atoms with Gasteiger partial charge in [0.1, 0.15) is 17.4 Å². The van der Waals surface area contributed by atoms with E-state index in [-0.39, 0.29) is 12.1 Å². The monoisotopic (exact) mass is 461 g/mol. The van der Waals surface area contributed by atoms with Gasteiger partial charge in [-0.15, -0.1) is 0 Å². The van der Waals surface area contributed by atoms with E-state index in [1.807, 2.05) is 13.8 Å². The molecule has 0 radical (unpaired) electrons. The van der Waals surface area contributed by atoms with E-state index in [4.69, 9.17) is 15.2 Å². The lowest BCUT2D eigenvalue weighted by Gasteiger charge is -2.38. The molecule has 0 spiro atoms. The average molecular weight is 462 g/mol. The Morgan fingerprint density at radius 2 is 2.03 bits per heavy atom. The van der Waals surface area contributed by atoms with E-state index in [1.165, 1.54) is 12.4 Å². The van der Waals surface area contributed by atoms with Crippen LogP contribution in [0, 0.1) is 18.3 Å². The Kier molecular flexibility index (Phi) is 6.70. The van der Waals surface area contributed by atoms with E-state index < -0.39 is 6.10 Å². The van der Waals surface area contributed by atoms with Crippen LogP contribution in [0.25, 0.3) is 11.4 Å². The quantitative estimate of drug-likeness (QED) is 0.562. The second-order valence-corrected chi connectivity index (χ2v) is 8.66. The molecule has 1 unspecified atom stereocenters. The summed E-state index contributed by atoms with van der Waals surface area (Å²) in [5.41, 5.74) is 6.75. The van der Waals surface area contributed by atoms with Crippen molar-refractivity contribution >= 4 is 5.82 Å². The van der Waals surface area contributed by atoms with Crippen molar-refractivity contribution in [2.45, 2.75) is 32.5 Å². The maximum atomic E-state index is 9.91. The summed E-state index contributed by atoms with van der Waals surface area (Å²) in [7, 11) is 0. The van der Waals surface area contributed by atoms with Gasteiger partial charge in [-0.05, 0) is 39.0 Å². The van der Waals surface area contributed by atoms with E-state index in [0.717, 1.165) is 5.82 Å². The van der Waals surface area contributed by atoms with Crippen molar-refractivity contribution in [3.8, 4) is 29.1 Å². The van der Waals surface area contributed by atoms with Gasteiger partial charge in [0, 0.05) is 43.7 Å². The lowest BCUT2D eigenvalue weighted by Crippen LogP contribution is -2.48. The Morgan fingerprint density at radius 3 is 2.71 bits per heavy atom. The number of aromatic nitrogens is 4. The highest BCUT2D eigenvalue weighted by atomic mass is 16.5. The second-order valence-electron chi connectivity index (χ2n) is 8.66. The summed E-state index contributed by atoms with van der Waals surface area (Å²) < 4.78 is 12.0. The summed E-state index contributed by atoms with van der Waals surface area (Å²) in [5.74, 6) is 2.42. The molecular formula is C24H27N7O3. The van der Waals surface area contributed by atoms with Gasteiger partial charge in [-0.25, -0.2) is 15.0 Å². The Bertz CT molecular complexity index is 1210. The normalized spacial score (nSPS) is 16.1. The number of ether oxygens (including phenoxy) is 2. The first-order valence-corrected chi connectivity index (χ1v) is 10.9. The van der Waals surface area contributed by atoms with Crippen LogP contribution >= 0.6 is 0 Å². The largest absolute Gasteiger partial charge is 0.438 e. The summed E-state index contributed by atoms with van der Waals surface area (Å²) in [6.45, 7) is 7.97. The number of rotatable bonds is 6. The number of nitriles is 1. The van der Waals surface area contributed by atoms with Crippen LogP contribution < -0.4 is 15.4 Å². The summed E-state index contributed by atoms with van der Waals surface area (Å²) in [6.07, 6.45) is 2.21. The van der Waals surface area contributed by atoms with Crippen molar-refractivity contribution < 1.29 is 14.6 Å². The Hall–Kier alpha value is -3.65. The fourth-order valence-electron chi connectivity index (χ4n) is 3.71. The standard InChI is InChI=1S/C24H27N7O3/c1-15-29-21(31-6-7-33-24(2,3)14-31)9-22(30-15)34-20-8-16(10-25)4-5-18(20)23-27-12-17(13-28-23)19(32)11-26/h4-5,8-9,12-13,19,32H,6-7,11,14,26H2,1-3H3. The zero-order chi connectivity index (χ0) is 24.3. The van der Waals surface area contributed by atoms with E-state index in [0.29, 0.717) is 59.7 Å². The van der Waals surface area contributed by atoms with Crippen molar-refractivity contribution in [2.75, 3.05) is 31.1 Å². The number of morpholine rings is 1. The maximum Gasteiger partial charge on any atom is 0.224 e. The molecule has 1 aromatic carbocycles. The molecule has 3 aromatic rings. The number of benzene rings is 1. The molecule has 34 heavy (non-hydrogen) atoms. The minimum Gasteiger partial charge on any atom is -0.438 e. The predicted molar refractivity (Wildman–Crippen MR) is 125 cm³/mol. The maximum absolute atomic E-state index is 9.91. The number of anilines is 1. The Labute approximate surface area is 198 Å². The molecular weight excluding hydrogens is 434 g/mol. The number of hydrogen-bond donors (Lipinski definition) is 2. The first-order chi connectivity index (χ1) is 16.3. The van der Waals surface area contributed by atoms with Gasteiger partial charge in [-0.1, -0.05) is 0 Å². The molecule has 10 heteroatoms. The van der Waals surface area contributed by atoms with Crippen LogP contribution in [0.5, 0.6) is 11.6 Å². The van der Waals surface area contributed by atoms with E-state index >= 15 is 0 Å². The second kappa shape index (κ2) is 9.69. The molecule has 3 heterocycles. The number of hydrogen-bond acceptors (Lipinski definition) is 10. The SMILES string of the molecule is Cc1nc(Oc2cc(C#N)ccc2-c2ncc(C(O)CN)cn2)cc(N2CCOC(C)(C)C2)n1. The zero-order valence-electron chi connectivity index (χ0n) is 19.4. The van der Waals surface area contributed by atoms with Crippen LogP contribution in [-0.4, -0.2) is 56.9 Å². The molecule has 1 fully saturated rings. The number of nitrogens with two attached hydrogens (primary N) is 1. The van der Waals surface area contributed by atoms with Crippen LogP contribution in [-0.2, 0) is 4.74 Å². The number of aliphatic hydroxyl groups excluding tert-OH is 1. The minimum atomic E-state index is -0.835. The number of aliphatic hydroxyl groups is 1. The van der Waals surface area contributed by atoms with Crippen LogP contribution in [0.15, 0.2) is 36.7 Å². The molecule has 0 bridgehead atoms. The topological polar surface area (TPSA) is 143 Å². The summed E-state index contributed by atoms with van der Waals surface area (Å²) in [5, 5.41) is 19.3. The third-order valence-electron chi connectivity index (χ3n) is 5.40. The van der Waals surface area contributed by atoms with Gasteiger partial charge >= 0.3 is 0 Å². The minimum absolute atomic E-state index is 0.0731. The van der Waals surface area contributed by atoms with Gasteiger partial charge in [0.2, 0.25) is 5.88 Å². The molecule has 1 aliphatic heterocycles. The van der Waals surface area contributed by atoms with Gasteiger partial charge in [0.25, 0.3) is 0 Å². The number of aryl methyl sites for hydroxylation is 1. The molecule has 1 aliphatic rings. The van der Waals surface area contributed by atoms with Crippen LogP contribution in [0.3, 0.4) is 0 Å². The third-order valence-corrected chi connectivity index (χ3v) is 5.40. The summed E-state index contributed by atoms with van der Waals surface area (Å²) in [4.78, 5) is 19.9. The third kappa shape index (κ3) is 5.28. The highest BCUT2D eigenvalue weighted by molar-refractivity contribution is 5.66. The van der Waals surface area contributed by atoms with Crippen LogP contribution in [0.2, 0.25) is 0 Å². The van der Waals surface area contributed by atoms with Crippen molar-refractivity contribution in [3.05, 3.63) is 53.6 Å². The van der Waals surface area contributed by atoms with Gasteiger partial charge in [0.05, 0.1) is 35.5 Å². The highest BCUT2D eigenvalue weighted by Gasteiger charge is 2.28. The van der Waals surface area contributed by atoms with Crippen molar-refractivity contribution in [2.24, 2.45) is 5.73 Å². The first kappa shape index (κ1) is 23.5. The van der Waals surface area contributed by atoms with Crippen LogP contribution in [0.4, 0.5) is 5.82 Å². The van der Waals surface area contributed by atoms with E-state index in [9.17, 15) is 10.4 Å². The Balaban J connectivity index is 1.67. The summed E-state index contributed by atoms with van der Waals surface area (Å²) >= 11 is 0. The fraction of sp³-hybridized carbons (Fsp3) is 0.375. The molecule has 0 amide bonds. The fourth-order valence-corrected chi connectivity index (χ4v) is 3.71. The predicted octanol–water partition coefficient (Wildman–Crippen LogP) is 2.51. The smallest absolute Gasteiger partial charge is 0.224 e. The zero-order valence-corrected chi connectivity index (χ0v) is 19.4. The van der Waals surface area contributed by atoms with E-state index in [1.54, 1.807) is 31.2 Å². The molecule has 0 aliphatic carbocycles. The van der Waals surface area contributed by atoms with Gasteiger partial charge in [-0.3, -0.25) is 0 Å². The van der Waals surface area contributed by atoms with Crippen molar-refractivity contribution in [3.63, 3.8) is 0 Å². The molecule has 2 aromatic heterocycles. The molecule has 3 N–H and O–H groups in total. The Morgan fingerprint density at radius 1 is 1.26 bits per heavy atom. The number of nitrogens with zero attached hydrogens (tertiary/aromatic N) is 6. The molecule has 10 nitrogen and oxygen atoms in total. The highest BCUT2D eigenvalue weighted by Crippen LogP contribution is 2.33. The van der Waals surface area contributed by atoms with Gasteiger partial charge in [0.15, 0.2) is 5.82 Å². The van der Waals surface area contributed by atoms with Gasteiger partial charge in [-0.2, -0.15) is 10.2 Å². The molecule has 4 rings (SSSR count). The van der Waals surface area contributed by atoms with Crippen molar-refractivity contribution in [1.29, 1.82) is 5.26 Å². The molecule has 0 saturated carbocycles. The summed E-state index contributed by atoms with van der Waals surface area (Å²) in [6, 6.07) is 8.91. The van der Waals surface area contributed by atoms with Crippen molar-refractivity contribution in [1.82, 2.24) is 19.9 Å². The lowest BCUT2D eigenvalue weighted by molar-refractivity contribution is -0.0279. The van der Waals surface area contributed by atoms with Crippen LogP contribution in [0.1, 0.15) is 36.9 Å². The van der Waals surface area contributed by atoms with Gasteiger partial charge < -0.3 is 25.2 Å². The van der Waals surface area contributed by atoms with E-state index in [2.05, 4.69) is 30.9 Å².